The fraction of sp³-hybridized carbons (Fsp3) is 0.600. The fourth-order valence-corrected chi connectivity index (χ4v) is 3.84. The van der Waals surface area contributed by atoms with Gasteiger partial charge in [0.2, 0.25) is 0 Å². The predicted molar refractivity (Wildman–Crippen MR) is 78.4 cm³/mol. The number of benzene rings is 1. The second kappa shape index (κ2) is 5.73. The van der Waals surface area contributed by atoms with Crippen LogP contribution in [-0.2, 0) is 11.0 Å². The molecule has 1 aliphatic heterocycles. The van der Waals surface area contributed by atoms with Crippen LogP contribution >= 0.6 is 0 Å². The Hall–Kier alpha value is -0.710. The highest BCUT2D eigenvalue weighted by atomic mass is 32.2. The van der Waals surface area contributed by atoms with Crippen molar-refractivity contribution in [2.75, 3.05) is 13.1 Å². The molecule has 3 rings (SSSR count). The highest BCUT2D eigenvalue weighted by Crippen LogP contribution is 2.46. The lowest BCUT2D eigenvalue weighted by Crippen LogP contribution is -2.40. The molecule has 0 amide bonds. The largest absolute Gasteiger partial charge is 0.317 e. The third-order valence-corrected chi connectivity index (χ3v) is 5.49. The van der Waals surface area contributed by atoms with Crippen LogP contribution in [-0.4, -0.2) is 23.3 Å². The van der Waals surface area contributed by atoms with Gasteiger partial charge in [0.1, 0.15) is 11.0 Å². The zero-order valence-electron chi connectivity index (χ0n) is 11.4. The van der Waals surface area contributed by atoms with Crippen molar-refractivity contribution in [1.82, 2.24) is 10.0 Å². The standard InChI is InChI=1S/C15H22N2OS/c1-11-10-15(11)12-2-4-14(5-3-12)19(18)17-13-6-8-16-9-7-13/h2-5,11,13,15-17H,6-10H2,1H3/t11?,15-,19?/m1/s1. The highest BCUT2D eigenvalue weighted by Gasteiger charge is 2.33. The van der Waals surface area contributed by atoms with Crippen molar-refractivity contribution in [3.8, 4) is 0 Å². The van der Waals surface area contributed by atoms with Gasteiger partial charge in [-0.15, -0.1) is 0 Å². The minimum atomic E-state index is -1.07. The van der Waals surface area contributed by atoms with E-state index < -0.39 is 11.0 Å². The molecule has 0 radical (unpaired) electrons. The average molecular weight is 278 g/mol. The molecule has 104 valence electrons. The Kier molecular flexibility index (Phi) is 4.01. The van der Waals surface area contributed by atoms with E-state index in [1.54, 1.807) is 0 Å². The van der Waals surface area contributed by atoms with Crippen molar-refractivity contribution < 1.29 is 4.21 Å². The molecule has 3 atom stereocenters. The molecule has 4 heteroatoms. The maximum absolute atomic E-state index is 12.3. The van der Waals surface area contributed by atoms with Crippen molar-refractivity contribution in [1.29, 1.82) is 0 Å². The van der Waals surface area contributed by atoms with Gasteiger partial charge in [0.05, 0.1) is 4.90 Å². The summed E-state index contributed by atoms with van der Waals surface area (Å²) >= 11 is 0. The van der Waals surface area contributed by atoms with Crippen molar-refractivity contribution in [2.24, 2.45) is 5.92 Å². The summed E-state index contributed by atoms with van der Waals surface area (Å²) in [5, 5.41) is 3.32. The molecule has 1 aromatic carbocycles. The van der Waals surface area contributed by atoms with Crippen molar-refractivity contribution in [2.45, 2.75) is 43.0 Å². The van der Waals surface area contributed by atoms with Crippen LogP contribution in [0, 0.1) is 5.92 Å². The van der Waals surface area contributed by atoms with Gasteiger partial charge in [0.25, 0.3) is 0 Å². The van der Waals surface area contributed by atoms with Crippen molar-refractivity contribution in [3.63, 3.8) is 0 Å². The molecule has 0 spiro atoms. The van der Waals surface area contributed by atoms with Gasteiger partial charge >= 0.3 is 0 Å². The van der Waals surface area contributed by atoms with E-state index in [1.165, 1.54) is 12.0 Å². The third kappa shape index (κ3) is 3.25. The third-order valence-electron chi connectivity index (χ3n) is 4.24. The lowest BCUT2D eigenvalue weighted by molar-refractivity contribution is 0.435. The van der Waals surface area contributed by atoms with Crippen LogP contribution in [0.25, 0.3) is 0 Å². The first-order valence-corrected chi connectivity index (χ1v) is 8.37. The summed E-state index contributed by atoms with van der Waals surface area (Å²) < 4.78 is 15.5. The molecule has 2 unspecified atom stereocenters. The molecule has 1 saturated carbocycles. The molecule has 2 aliphatic rings. The van der Waals surface area contributed by atoms with E-state index in [0.29, 0.717) is 6.04 Å². The number of hydrogen-bond acceptors (Lipinski definition) is 2. The highest BCUT2D eigenvalue weighted by molar-refractivity contribution is 7.83. The van der Waals surface area contributed by atoms with E-state index in [9.17, 15) is 4.21 Å². The van der Waals surface area contributed by atoms with Gasteiger partial charge in [-0.3, -0.25) is 0 Å². The van der Waals surface area contributed by atoms with E-state index in [4.69, 9.17) is 0 Å². The van der Waals surface area contributed by atoms with Gasteiger partial charge in [-0.2, -0.15) is 0 Å². The lowest BCUT2D eigenvalue weighted by atomic mass is 10.1. The smallest absolute Gasteiger partial charge is 0.125 e. The van der Waals surface area contributed by atoms with Crippen molar-refractivity contribution in [3.05, 3.63) is 29.8 Å². The molecule has 3 nitrogen and oxygen atoms in total. The Bertz CT molecular complexity index is 454. The van der Waals surface area contributed by atoms with E-state index in [0.717, 1.165) is 42.7 Å². The Balaban J connectivity index is 1.59. The predicted octanol–water partition coefficient (Wildman–Crippen LogP) is 2.17. The SMILES string of the molecule is CC1C[C@H]1c1ccc(S(=O)NC2CCNCC2)cc1. The second-order valence-corrected chi connectivity index (χ2v) is 7.04. The van der Waals surface area contributed by atoms with Crippen LogP contribution in [0.2, 0.25) is 0 Å². The molecule has 2 fully saturated rings. The fourth-order valence-electron chi connectivity index (χ4n) is 2.78. The molecule has 2 N–H and O–H groups in total. The topological polar surface area (TPSA) is 41.1 Å². The average Bonchev–Trinajstić information content (AvgIpc) is 3.17. The molecular weight excluding hydrogens is 256 g/mol. The maximum atomic E-state index is 12.3. The zero-order chi connectivity index (χ0) is 13.2. The molecular formula is C15H22N2OS. The summed E-state index contributed by atoms with van der Waals surface area (Å²) in [6, 6.07) is 8.71. The minimum Gasteiger partial charge on any atom is -0.317 e. The monoisotopic (exact) mass is 278 g/mol. The molecule has 0 aromatic heterocycles. The second-order valence-electron chi connectivity index (χ2n) is 5.80. The van der Waals surface area contributed by atoms with E-state index in [2.05, 4.69) is 29.1 Å². The Labute approximate surface area is 117 Å². The summed E-state index contributed by atoms with van der Waals surface area (Å²) in [4.78, 5) is 0.899. The maximum Gasteiger partial charge on any atom is 0.125 e. The summed E-state index contributed by atoms with van der Waals surface area (Å²) in [7, 11) is -1.07. The summed E-state index contributed by atoms with van der Waals surface area (Å²) in [6.45, 7) is 4.33. The van der Waals surface area contributed by atoms with Crippen LogP contribution in [0.3, 0.4) is 0 Å². The molecule has 1 saturated heterocycles. The normalized spacial score (nSPS) is 29.1. The van der Waals surface area contributed by atoms with E-state index >= 15 is 0 Å². The molecule has 1 aliphatic carbocycles. The Morgan fingerprint density at radius 2 is 1.84 bits per heavy atom. The summed E-state index contributed by atoms with van der Waals surface area (Å²) in [5.41, 5.74) is 1.40. The first kappa shape index (κ1) is 13.3. The molecule has 0 bridgehead atoms. The quantitative estimate of drug-likeness (QED) is 0.886. The Morgan fingerprint density at radius 3 is 2.42 bits per heavy atom. The van der Waals surface area contributed by atoms with Crippen molar-refractivity contribution >= 4 is 11.0 Å². The van der Waals surface area contributed by atoms with Gasteiger partial charge in [-0.1, -0.05) is 19.1 Å². The van der Waals surface area contributed by atoms with Gasteiger partial charge in [0.15, 0.2) is 0 Å². The number of piperidine rings is 1. The number of hydrogen-bond donors (Lipinski definition) is 2. The van der Waals surface area contributed by atoms with Crippen LogP contribution < -0.4 is 10.0 Å². The van der Waals surface area contributed by atoms with Gasteiger partial charge in [0, 0.05) is 6.04 Å². The first-order chi connectivity index (χ1) is 9.24. The van der Waals surface area contributed by atoms with E-state index in [-0.39, 0.29) is 0 Å². The van der Waals surface area contributed by atoms with Crippen LogP contribution in [0.4, 0.5) is 0 Å². The summed E-state index contributed by atoms with van der Waals surface area (Å²) in [5.74, 6) is 1.56. The molecule has 19 heavy (non-hydrogen) atoms. The minimum absolute atomic E-state index is 0.380. The van der Waals surface area contributed by atoms with Gasteiger partial charge in [-0.05, 0) is 61.9 Å². The number of rotatable bonds is 4. The van der Waals surface area contributed by atoms with E-state index in [1.807, 2.05) is 12.1 Å². The lowest BCUT2D eigenvalue weighted by Gasteiger charge is -2.23. The van der Waals surface area contributed by atoms with Crippen LogP contribution in [0.5, 0.6) is 0 Å². The Morgan fingerprint density at radius 1 is 1.21 bits per heavy atom. The summed E-state index contributed by atoms with van der Waals surface area (Å²) in [6.07, 6.45) is 3.42. The van der Waals surface area contributed by atoms with Gasteiger partial charge < -0.3 is 5.32 Å². The van der Waals surface area contributed by atoms with Crippen LogP contribution in [0.15, 0.2) is 29.2 Å². The number of nitrogens with one attached hydrogen (secondary N) is 2. The zero-order valence-corrected chi connectivity index (χ0v) is 12.2. The first-order valence-electron chi connectivity index (χ1n) is 7.22. The molecule has 1 aromatic rings. The van der Waals surface area contributed by atoms with Crippen LogP contribution in [0.1, 0.15) is 37.7 Å². The van der Waals surface area contributed by atoms with Gasteiger partial charge in [-0.25, -0.2) is 8.93 Å². The molecule has 1 heterocycles.